The molecule has 1 aromatic rings. The van der Waals surface area contributed by atoms with Gasteiger partial charge >= 0.3 is 12.1 Å². The van der Waals surface area contributed by atoms with E-state index in [0.717, 1.165) is 45.6 Å². The number of esters is 1. The van der Waals surface area contributed by atoms with E-state index in [-0.39, 0.29) is 11.5 Å². The van der Waals surface area contributed by atoms with E-state index in [1.807, 2.05) is 6.92 Å². The molecule has 0 aliphatic rings. The van der Waals surface area contributed by atoms with E-state index in [0.29, 0.717) is 12.8 Å². The fourth-order valence-corrected chi connectivity index (χ4v) is 3.95. The van der Waals surface area contributed by atoms with Crippen LogP contribution in [0.5, 0.6) is 0 Å². The van der Waals surface area contributed by atoms with Gasteiger partial charge in [-0.2, -0.15) is 13.2 Å². The predicted molar refractivity (Wildman–Crippen MR) is 130 cm³/mol. The van der Waals surface area contributed by atoms with Crippen molar-refractivity contribution in [3.63, 3.8) is 0 Å². The van der Waals surface area contributed by atoms with Crippen molar-refractivity contribution in [2.24, 2.45) is 5.92 Å². The molecule has 3 nitrogen and oxygen atoms in total. The highest BCUT2D eigenvalue weighted by molar-refractivity contribution is 5.83. The summed E-state index contributed by atoms with van der Waals surface area (Å²) in [4.78, 5) is 13.0. The molecule has 192 valence electrons. The number of hydrogen-bond acceptors (Lipinski definition) is 3. The highest BCUT2D eigenvalue weighted by Gasteiger charge is 2.64. The molecule has 0 saturated heterocycles. The first kappa shape index (κ1) is 30.0. The minimum atomic E-state index is -5.00. The second kappa shape index (κ2) is 15.8. The quantitative estimate of drug-likeness (QED) is 0.144. The number of benzene rings is 1. The highest BCUT2D eigenvalue weighted by Crippen LogP contribution is 2.43. The summed E-state index contributed by atoms with van der Waals surface area (Å²) in [5, 5.41) is 0. The van der Waals surface area contributed by atoms with Crippen molar-refractivity contribution in [2.75, 3.05) is 7.11 Å². The highest BCUT2D eigenvalue weighted by atomic mass is 19.4. The molecule has 0 aromatic heterocycles. The van der Waals surface area contributed by atoms with E-state index in [1.54, 1.807) is 6.07 Å². The molecular weight excluding hydrogens is 441 g/mol. The molecule has 1 rings (SSSR count). The van der Waals surface area contributed by atoms with Crippen molar-refractivity contribution in [2.45, 2.75) is 109 Å². The Morgan fingerprint density at radius 1 is 0.971 bits per heavy atom. The molecule has 0 aliphatic heterocycles. The number of methoxy groups -OCH3 is 1. The lowest BCUT2D eigenvalue weighted by molar-refractivity contribution is -0.277. The first-order valence-corrected chi connectivity index (χ1v) is 12.6. The van der Waals surface area contributed by atoms with Gasteiger partial charge in [-0.05, 0) is 18.8 Å². The number of carbonyl (C=O) groups excluding carboxylic acids is 1. The van der Waals surface area contributed by atoms with Crippen LogP contribution >= 0.6 is 0 Å². The van der Waals surface area contributed by atoms with Crippen LogP contribution in [-0.4, -0.2) is 25.4 Å². The molecule has 0 bridgehead atoms. The number of hydrogen-bond donors (Lipinski definition) is 0. The van der Waals surface area contributed by atoms with Crippen molar-refractivity contribution in [1.82, 2.24) is 0 Å². The normalized spacial score (nSPS) is 15.0. The fourth-order valence-electron chi connectivity index (χ4n) is 3.95. The van der Waals surface area contributed by atoms with Gasteiger partial charge in [0.15, 0.2) is 6.10 Å². The summed E-state index contributed by atoms with van der Waals surface area (Å²) in [7, 11) is 0.880. The zero-order valence-electron chi connectivity index (χ0n) is 21.2. The Bertz CT molecular complexity index is 752. The largest absolute Gasteiger partial charge is 0.446 e. The van der Waals surface area contributed by atoms with Crippen LogP contribution in [0.1, 0.15) is 97.0 Å². The summed E-state index contributed by atoms with van der Waals surface area (Å²) in [6.07, 6.45) is 4.80. The first-order chi connectivity index (χ1) is 16.2. The van der Waals surface area contributed by atoms with Crippen molar-refractivity contribution in [3.8, 4) is 11.8 Å². The third-order valence-electron chi connectivity index (χ3n) is 6.01. The van der Waals surface area contributed by atoms with Gasteiger partial charge in [0.05, 0.1) is 0 Å². The van der Waals surface area contributed by atoms with E-state index < -0.39 is 23.9 Å². The lowest BCUT2D eigenvalue weighted by Crippen LogP contribution is -2.52. The maximum absolute atomic E-state index is 14.2. The SMILES string of the molecule is CCCCCCCCC#C[C@H](C[C@H](C)CCCC)OC(=O)C(OC)(c1ccccc1)C(F)(F)F. The predicted octanol–water partition coefficient (Wildman–Crippen LogP) is 7.97. The molecule has 0 spiro atoms. The summed E-state index contributed by atoms with van der Waals surface area (Å²) in [6.45, 7) is 6.26. The molecule has 34 heavy (non-hydrogen) atoms. The monoisotopic (exact) mass is 482 g/mol. The molecule has 1 aromatic carbocycles. The molecule has 0 radical (unpaired) electrons. The Morgan fingerprint density at radius 3 is 2.18 bits per heavy atom. The number of alkyl halides is 3. The van der Waals surface area contributed by atoms with Crippen molar-refractivity contribution in [1.29, 1.82) is 0 Å². The van der Waals surface area contributed by atoms with Crippen LogP contribution in [0.15, 0.2) is 30.3 Å². The number of unbranched alkanes of at least 4 members (excludes halogenated alkanes) is 7. The zero-order valence-corrected chi connectivity index (χ0v) is 21.2. The number of halogens is 3. The minimum Gasteiger partial charge on any atom is -0.446 e. The van der Waals surface area contributed by atoms with Gasteiger partial charge in [0, 0.05) is 19.1 Å². The Balaban J connectivity index is 3.02. The van der Waals surface area contributed by atoms with Gasteiger partial charge < -0.3 is 9.47 Å². The average molecular weight is 483 g/mol. The Labute approximate surface area is 203 Å². The Kier molecular flexibility index (Phi) is 14.0. The molecule has 1 unspecified atom stereocenters. The molecule has 0 fully saturated rings. The molecule has 0 N–H and O–H groups in total. The van der Waals surface area contributed by atoms with Crippen molar-refractivity contribution < 1.29 is 27.4 Å². The first-order valence-electron chi connectivity index (χ1n) is 12.6. The summed E-state index contributed by atoms with van der Waals surface area (Å²) in [6, 6.07) is 6.90. The van der Waals surface area contributed by atoms with Crippen LogP contribution in [-0.2, 0) is 19.9 Å². The van der Waals surface area contributed by atoms with E-state index >= 15 is 0 Å². The Hall–Kier alpha value is -2.00. The second-order valence-electron chi connectivity index (χ2n) is 8.97. The van der Waals surface area contributed by atoms with Gasteiger partial charge in [-0.3, -0.25) is 0 Å². The van der Waals surface area contributed by atoms with Crippen LogP contribution < -0.4 is 0 Å². The zero-order chi connectivity index (χ0) is 25.5. The van der Waals surface area contributed by atoms with E-state index in [4.69, 9.17) is 9.47 Å². The maximum atomic E-state index is 14.2. The molecule has 0 aliphatic carbocycles. The molecule has 0 saturated carbocycles. The standard InChI is InChI=1S/C28H41F3O3/c1-5-7-9-10-11-12-13-17-21-25(22-23(3)18-8-6-2)34-26(32)27(33-4,28(29,30)31)24-19-15-14-16-20-24/h14-16,19-20,23,25H,5-13,18,22H2,1-4H3/t23-,25-,27?/m1/s1. The fraction of sp³-hybridized carbons (Fsp3) is 0.679. The number of carbonyl (C=O) groups is 1. The van der Waals surface area contributed by atoms with E-state index in [9.17, 15) is 18.0 Å². The lowest BCUT2D eigenvalue weighted by atomic mass is 9.92. The lowest BCUT2D eigenvalue weighted by Gasteiger charge is -2.33. The molecule has 0 amide bonds. The third-order valence-corrected chi connectivity index (χ3v) is 6.01. The van der Waals surface area contributed by atoms with Gasteiger partial charge in [-0.15, -0.1) is 0 Å². The summed E-state index contributed by atoms with van der Waals surface area (Å²) in [5.41, 5.74) is -3.51. The number of rotatable bonds is 15. The average Bonchev–Trinajstić information content (AvgIpc) is 2.80. The molecular formula is C28H41F3O3. The van der Waals surface area contributed by atoms with Gasteiger partial charge in [0.2, 0.25) is 0 Å². The van der Waals surface area contributed by atoms with E-state index in [2.05, 4.69) is 25.7 Å². The summed E-state index contributed by atoms with van der Waals surface area (Å²) < 4.78 is 52.9. The smallest absolute Gasteiger partial charge is 0.432 e. The second-order valence-corrected chi connectivity index (χ2v) is 8.97. The molecule has 6 heteroatoms. The van der Waals surface area contributed by atoms with Crippen LogP contribution in [0.25, 0.3) is 0 Å². The van der Waals surface area contributed by atoms with Gasteiger partial charge in [0.25, 0.3) is 5.60 Å². The summed E-state index contributed by atoms with van der Waals surface area (Å²) in [5.74, 6) is 4.68. The van der Waals surface area contributed by atoms with Crippen LogP contribution in [0.3, 0.4) is 0 Å². The van der Waals surface area contributed by atoms with E-state index in [1.165, 1.54) is 43.5 Å². The summed E-state index contributed by atoms with van der Waals surface area (Å²) >= 11 is 0. The molecule has 0 heterocycles. The van der Waals surface area contributed by atoms with Crippen molar-refractivity contribution >= 4 is 5.97 Å². The van der Waals surface area contributed by atoms with Gasteiger partial charge in [0.1, 0.15) is 0 Å². The maximum Gasteiger partial charge on any atom is 0.432 e. The van der Waals surface area contributed by atoms with Crippen molar-refractivity contribution in [3.05, 3.63) is 35.9 Å². The van der Waals surface area contributed by atoms with Crippen LogP contribution in [0, 0.1) is 17.8 Å². The van der Waals surface area contributed by atoms with Gasteiger partial charge in [-0.25, -0.2) is 4.79 Å². The van der Waals surface area contributed by atoms with Crippen LogP contribution in [0.2, 0.25) is 0 Å². The van der Waals surface area contributed by atoms with Gasteiger partial charge in [-0.1, -0.05) is 114 Å². The third kappa shape index (κ3) is 9.33. The molecule has 3 atom stereocenters. The minimum absolute atomic E-state index is 0.167. The Morgan fingerprint density at radius 2 is 1.59 bits per heavy atom. The van der Waals surface area contributed by atoms with Crippen LogP contribution in [0.4, 0.5) is 13.2 Å². The number of ether oxygens (including phenoxy) is 2. The topological polar surface area (TPSA) is 35.5 Å².